The molecule has 1 heterocycles. The summed E-state index contributed by atoms with van der Waals surface area (Å²) in [4.78, 5) is 0. The molecule has 1 fully saturated rings. The van der Waals surface area contributed by atoms with E-state index < -0.39 is 0 Å². The zero-order valence-corrected chi connectivity index (χ0v) is 10.7. The number of aryl methyl sites for hydroxylation is 1. The first-order chi connectivity index (χ1) is 7.98. The molecule has 0 radical (unpaired) electrons. The third kappa shape index (κ3) is 2.97. The van der Waals surface area contributed by atoms with E-state index in [1.807, 2.05) is 13.0 Å². The molecule has 17 heavy (non-hydrogen) atoms. The van der Waals surface area contributed by atoms with Crippen molar-refractivity contribution in [3.63, 3.8) is 0 Å². The van der Waals surface area contributed by atoms with Crippen LogP contribution in [0.25, 0.3) is 0 Å². The predicted molar refractivity (Wildman–Crippen MR) is 67.8 cm³/mol. The van der Waals surface area contributed by atoms with Gasteiger partial charge < -0.3 is 10.1 Å². The molecular formula is C14H20FNO. The van der Waals surface area contributed by atoms with Crippen LogP contribution >= 0.6 is 0 Å². The topological polar surface area (TPSA) is 21.3 Å². The average molecular weight is 237 g/mol. The summed E-state index contributed by atoms with van der Waals surface area (Å²) in [5.41, 5.74) is 1.47. The van der Waals surface area contributed by atoms with Gasteiger partial charge in [-0.3, -0.25) is 0 Å². The van der Waals surface area contributed by atoms with Gasteiger partial charge in [-0.1, -0.05) is 12.1 Å². The van der Waals surface area contributed by atoms with E-state index in [4.69, 9.17) is 4.74 Å². The van der Waals surface area contributed by atoms with Crippen molar-refractivity contribution in [3.05, 3.63) is 29.6 Å². The molecule has 0 amide bonds. The number of rotatable bonds is 2. The first-order valence-corrected chi connectivity index (χ1v) is 6.13. The fourth-order valence-electron chi connectivity index (χ4n) is 2.37. The van der Waals surface area contributed by atoms with E-state index in [0.717, 1.165) is 25.0 Å². The average Bonchev–Trinajstić information content (AvgIpc) is 2.22. The summed E-state index contributed by atoms with van der Waals surface area (Å²) in [7, 11) is 0. The highest BCUT2D eigenvalue weighted by Crippen LogP contribution is 2.28. The van der Waals surface area contributed by atoms with Crippen LogP contribution in [0, 0.1) is 12.7 Å². The van der Waals surface area contributed by atoms with E-state index >= 15 is 0 Å². The van der Waals surface area contributed by atoms with Crippen molar-refractivity contribution >= 4 is 5.69 Å². The Morgan fingerprint density at radius 2 is 2.18 bits per heavy atom. The lowest BCUT2D eigenvalue weighted by Gasteiger charge is -2.36. The second-order valence-corrected chi connectivity index (χ2v) is 5.37. The van der Waals surface area contributed by atoms with Crippen LogP contribution < -0.4 is 5.32 Å². The van der Waals surface area contributed by atoms with Crippen LogP contribution in [0.4, 0.5) is 10.1 Å². The fourth-order valence-corrected chi connectivity index (χ4v) is 2.37. The number of hydrogen-bond donors (Lipinski definition) is 1. The van der Waals surface area contributed by atoms with E-state index in [9.17, 15) is 4.39 Å². The summed E-state index contributed by atoms with van der Waals surface area (Å²) in [6.07, 6.45) is 1.83. The van der Waals surface area contributed by atoms with Crippen LogP contribution in [0.3, 0.4) is 0 Å². The third-order valence-electron chi connectivity index (χ3n) is 3.27. The molecule has 1 saturated heterocycles. The molecule has 0 spiro atoms. The molecule has 94 valence electrons. The second kappa shape index (κ2) is 4.65. The van der Waals surface area contributed by atoms with Crippen molar-refractivity contribution in [2.75, 3.05) is 11.9 Å². The number of hydrogen-bond acceptors (Lipinski definition) is 2. The minimum absolute atomic E-state index is 0.116. The highest BCUT2D eigenvalue weighted by molar-refractivity contribution is 5.52. The summed E-state index contributed by atoms with van der Waals surface area (Å²) in [5.74, 6) is -0.172. The first-order valence-electron chi connectivity index (χ1n) is 6.13. The van der Waals surface area contributed by atoms with Gasteiger partial charge >= 0.3 is 0 Å². The van der Waals surface area contributed by atoms with Gasteiger partial charge in [0, 0.05) is 12.6 Å². The van der Waals surface area contributed by atoms with Gasteiger partial charge in [-0.2, -0.15) is 0 Å². The van der Waals surface area contributed by atoms with Gasteiger partial charge in [0.2, 0.25) is 0 Å². The smallest absolute Gasteiger partial charge is 0.146 e. The standard InChI is InChI=1S/C14H20FNO/c1-10-5-4-6-12(15)13(10)16-11-7-8-17-14(2,3)9-11/h4-6,11,16H,7-9H2,1-3H3. The number of para-hydroxylation sites is 1. The molecule has 0 bridgehead atoms. The summed E-state index contributed by atoms with van der Waals surface area (Å²) in [6, 6.07) is 5.45. The lowest BCUT2D eigenvalue weighted by molar-refractivity contribution is -0.0553. The van der Waals surface area contributed by atoms with Crippen LogP contribution in [-0.4, -0.2) is 18.2 Å². The second-order valence-electron chi connectivity index (χ2n) is 5.37. The lowest BCUT2D eigenvalue weighted by Crippen LogP contribution is -2.40. The summed E-state index contributed by atoms with van der Waals surface area (Å²) in [6.45, 7) is 6.82. The highest BCUT2D eigenvalue weighted by atomic mass is 19.1. The van der Waals surface area contributed by atoms with Gasteiger partial charge in [0.05, 0.1) is 11.3 Å². The SMILES string of the molecule is Cc1cccc(F)c1NC1CCOC(C)(C)C1. The number of benzene rings is 1. The van der Waals surface area contributed by atoms with Gasteiger partial charge in [0.15, 0.2) is 0 Å². The summed E-state index contributed by atoms with van der Waals surface area (Å²) in [5, 5.41) is 3.32. The molecule has 1 atom stereocenters. The zero-order valence-electron chi connectivity index (χ0n) is 10.7. The van der Waals surface area contributed by atoms with Gasteiger partial charge in [0.25, 0.3) is 0 Å². The Kier molecular flexibility index (Phi) is 3.38. The Morgan fingerprint density at radius 3 is 2.82 bits per heavy atom. The van der Waals surface area contributed by atoms with Gasteiger partial charge in [-0.05, 0) is 45.2 Å². The van der Waals surface area contributed by atoms with E-state index in [1.54, 1.807) is 6.07 Å². The maximum absolute atomic E-state index is 13.7. The monoisotopic (exact) mass is 237 g/mol. The molecule has 0 aliphatic carbocycles. The third-order valence-corrected chi connectivity index (χ3v) is 3.27. The van der Waals surface area contributed by atoms with Crippen LogP contribution in [-0.2, 0) is 4.74 Å². The zero-order chi connectivity index (χ0) is 12.5. The number of halogens is 1. The molecule has 1 aromatic carbocycles. The number of anilines is 1. The van der Waals surface area contributed by atoms with Crippen molar-refractivity contribution in [1.82, 2.24) is 0 Å². The van der Waals surface area contributed by atoms with E-state index in [1.165, 1.54) is 6.07 Å². The largest absolute Gasteiger partial charge is 0.380 e. The quantitative estimate of drug-likeness (QED) is 0.850. The number of ether oxygens (including phenoxy) is 1. The van der Waals surface area contributed by atoms with Crippen molar-refractivity contribution in [2.45, 2.75) is 45.3 Å². The highest BCUT2D eigenvalue weighted by Gasteiger charge is 2.29. The molecular weight excluding hydrogens is 217 g/mol. The fraction of sp³-hybridized carbons (Fsp3) is 0.571. The summed E-state index contributed by atoms with van der Waals surface area (Å²) < 4.78 is 19.4. The molecule has 0 saturated carbocycles. The predicted octanol–water partition coefficient (Wildman–Crippen LogP) is 3.50. The summed E-state index contributed by atoms with van der Waals surface area (Å²) >= 11 is 0. The molecule has 1 unspecified atom stereocenters. The van der Waals surface area contributed by atoms with Gasteiger partial charge in [-0.15, -0.1) is 0 Å². The molecule has 1 aliphatic rings. The molecule has 1 aliphatic heterocycles. The van der Waals surface area contributed by atoms with E-state index in [0.29, 0.717) is 5.69 Å². The number of nitrogens with one attached hydrogen (secondary N) is 1. The Labute approximate surface area is 102 Å². The van der Waals surface area contributed by atoms with E-state index in [-0.39, 0.29) is 17.5 Å². The van der Waals surface area contributed by atoms with Crippen LogP contribution in [0.1, 0.15) is 32.3 Å². The Hall–Kier alpha value is -1.09. The Bertz CT molecular complexity index is 383. The molecule has 1 N–H and O–H groups in total. The minimum atomic E-state index is -0.172. The van der Waals surface area contributed by atoms with Gasteiger partial charge in [0.1, 0.15) is 5.82 Å². The molecule has 1 aromatic rings. The molecule has 0 aromatic heterocycles. The van der Waals surface area contributed by atoms with Gasteiger partial charge in [-0.25, -0.2) is 4.39 Å². The maximum atomic E-state index is 13.7. The van der Waals surface area contributed by atoms with Crippen LogP contribution in [0.5, 0.6) is 0 Å². The Balaban J connectivity index is 2.10. The Morgan fingerprint density at radius 1 is 1.41 bits per heavy atom. The van der Waals surface area contributed by atoms with Crippen molar-refractivity contribution in [3.8, 4) is 0 Å². The van der Waals surface area contributed by atoms with Crippen molar-refractivity contribution < 1.29 is 9.13 Å². The van der Waals surface area contributed by atoms with Crippen molar-refractivity contribution in [1.29, 1.82) is 0 Å². The molecule has 3 heteroatoms. The van der Waals surface area contributed by atoms with E-state index in [2.05, 4.69) is 19.2 Å². The van der Waals surface area contributed by atoms with Crippen LogP contribution in [0.2, 0.25) is 0 Å². The van der Waals surface area contributed by atoms with Crippen molar-refractivity contribution in [2.24, 2.45) is 0 Å². The molecule has 2 nitrogen and oxygen atoms in total. The minimum Gasteiger partial charge on any atom is -0.380 e. The normalized spacial score (nSPS) is 23.4. The van der Waals surface area contributed by atoms with Crippen LogP contribution in [0.15, 0.2) is 18.2 Å². The molecule has 2 rings (SSSR count). The maximum Gasteiger partial charge on any atom is 0.146 e. The lowest BCUT2D eigenvalue weighted by atomic mass is 9.93. The first kappa shape index (κ1) is 12.4.